The number of para-hydroxylation sites is 1. The smallest absolute Gasteiger partial charge is 0.121 e. The average Bonchev–Trinajstić information content (AvgIpc) is 2.67. The standard InChI is InChI=1S/C21H24O5/c1-26-17-11-9-16(10-12-17)21(25)13-15(14-22)5-4-8-20(24)18-6-2-3-7-19(18)23/h2-4,6-7,9-12,20-25H,8,13-14H2,1H3/t5?,20-,21-/m1/s1. The molecule has 0 aliphatic carbocycles. The van der Waals surface area contributed by atoms with Crippen molar-refractivity contribution in [3.63, 3.8) is 0 Å². The van der Waals surface area contributed by atoms with Crippen molar-refractivity contribution in [1.29, 1.82) is 0 Å². The topological polar surface area (TPSA) is 90.2 Å². The lowest BCUT2D eigenvalue weighted by molar-refractivity contribution is 0.172. The zero-order chi connectivity index (χ0) is 18.9. The van der Waals surface area contributed by atoms with Gasteiger partial charge in [0, 0.05) is 18.4 Å². The van der Waals surface area contributed by atoms with Crippen LogP contribution in [0.4, 0.5) is 0 Å². The Morgan fingerprint density at radius 1 is 1.08 bits per heavy atom. The summed E-state index contributed by atoms with van der Waals surface area (Å²) >= 11 is 0. The zero-order valence-electron chi connectivity index (χ0n) is 14.7. The molecular weight excluding hydrogens is 332 g/mol. The molecule has 0 amide bonds. The van der Waals surface area contributed by atoms with Crippen LogP contribution in [0.3, 0.4) is 0 Å². The number of hydrogen-bond donors (Lipinski definition) is 4. The minimum absolute atomic E-state index is 0.0367. The quantitative estimate of drug-likeness (QED) is 0.546. The molecule has 0 aliphatic rings. The number of aliphatic hydroxyl groups is 3. The fourth-order valence-electron chi connectivity index (χ4n) is 2.56. The lowest BCUT2D eigenvalue weighted by atomic mass is 10.0. The van der Waals surface area contributed by atoms with E-state index in [0.717, 1.165) is 0 Å². The molecule has 0 saturated heterocycles. The van der Waals surface area contributed by atoms with Crippen LogP contribution in [0.2, 0.25) is 0 Å². The highest BCUT2D eigenvalue weighted by Crippen LogP contribution is 2.26. The second-order valence-electron chi connectivity index (χ2n) is 5.91. The summed E-state index contributed by atoms with van der Waals surface area (Å²) in [5, 5.41) is 39.6. The van der Waals surface area contributed by atoms with Crippen LogP contribution in [0.25, 0.3) is 0 Å². The van der Waals surface area contributed by atoms with Crippen LogP contribution < -0.4 is 4.74 Å². The first-order chi connectivity index (χ1) is 12.5. The van der Waals surface area contributed by atoms with Crippen LogP contribution in [0, 0.1) is 0 Å². The van der Waals surface area contributed by atoms with E-state index in [4.69, 9.17) is 4.74 Å². The van der Waals surface area contributed by atoms with Gasteiger partial charge in [-0.1, -0.05) is 30.3 Å². The molecule has 0 saturated carbocycles. The first-order valence-corrected chi connectivity index (χ1v) is 8.37. The van der Waals surface area contributed by atoms with Gasteiger partial charge < -0.3 is 25.2 Å². The molecule has 0 unspecified atom stereocenters. The van der Waals surface area contributed by atoms with Crippen molar-refractivity contribution in [3.05, 3.63) is 77.0 Å². The summed E-state index contributed by atoms with van der Waals surface area (Å²) in [6.45, 7) is -0.240. The Kier molecular flexibility index (Phi) is 7.45. The van der Waals surface area contributed by atoms with Crippen molar-refractivity contribution < 1.29 is 25.2 Å². The Morgan fingerprint density at radius 2 is 1.77 bits per heavy atom. The van der Waals surface area contributed by atoms with E-state index in [2.05, 4.69) is 5.73 Å². The Balaban J connectivity index is 2.01. The third-order valence-electron chi connectivity index (χ3n) is 4.07. The number of ether oxygens (including phenoxy) is 1. The molecular formula is C21H24O5. The van der Waals surface area contributed by atoms with Crippen LogP contribution in [-0.4, -0.2) is 34.1 Å². The number of methoxy groups -OCH3 is 1. The molecule has 0 radical (unpaired) electrons. The largest absolute Gasteiger partial charge is 0.508 e. The maximum Gasteiger partial charge on any atom is 0.121 e. The highest BCUT2D eigenvalue weighted by atomic mass is 16.5. The first-order valence-electron chi connectivity index (χ1n) is 8.37. The zero-order valence-corrected chi connectivity index (χ0v) is 14.7. The van der Waals surface area contributed by atoms with Crippen LogP contribution in [0.5, 0.6) is 11.5 Å². The van der Waals surface area contributed by atoms with Crippen LogP contribution in [-0.2, 0) is 0 Å². The van der Waals surface area contributed by atoms with Crippen molar-refractivity contribution in [2.75, 3.05) is 13.7 Å². The lowest BCUT2D eigenvalue weighted by Gasteiger charge is -2.12. The van der Waals surface area contributed by atoms with E-state index >= 15 is 0 Å². The molecule has 0 aliphatic heterocycles. The van der Waals surface area contributed by atoms with Gasteiger partial charge in [-0.2, -0.15) is 0 Å². The van der Waals surface area contributed by atoms with Crippen LogP contribution in [0.1, 0.15) is 36.2 Å². The average molecular weight is 356 g/mol. The normalized spacial score (nSPS) is 12.8. The summed E-state index contributed by atoms with van der Waals surface area (Å²) in [5.74, 6) is 0.742. The highest BCUT2D eigenvalue weighted by Gasteiger charge is 2.11. The SMILES string of the molecule is COc1ccc([C@H](O)CC(=C=CC[C@@H](O)c2ccccc2O)CO)cc1. The van der Waals surface area contributed by atoms with Crippen molar-refractivity contribution in [3.8, 4) is 11.5 Å². The van der Waals surface area contributed by atoms with E-state index in [1.807, 2.05) is 0 Å². The Bertz CT molecular complexity index is 760. The van der Waals surface area contributed by atoms with Gasteiger partial charge in [-0.15, -0.1) is 5.73 Å². The van der Waals surface area contributed by atoms with Crippen molar-refractivity contribution in [2.45, 2.75) is 25.0 Å². The second-order valence-corrected chi connectivity index (χ2v) is 5.91. The first kappa shape index (κ1) is 19.8. The summed E-state index contributed by atoms with van der Waals surface area (Å²) < 4.78 is 5.09. The molecule has 138 valence electrons. The minimum Gasteiger partial charge on any atom is -0.508 e. The number of phenolic OH excluding ortho intramolecular Hbond substituents is 1. The molecule has 2 rings (SSSR count). The van der Waals surface area contributed by atoms with Gasteiger partial charge >= 0.3 is 0 Å². The Morgan fingerprint density at radius 3 is 2.38 bits per heavy atom. The summed E-state index contributed by atoms with van der Waals surface area (Å²) in [6, 6.07) is 13.7. The highest BCUT2D eigenvalue weighted by molar-refractivity contribution is 5.34. The maximum absolute atomic E-state index is 10.3. The van der Waals surface area contributed by atoms with Crippen molar-refractivity contribution >= 4 is 0 Å². The van der Waals surface area contributed by atoms with Gasteiger partial charge in [0.25, 0.3) is 0 Å². The van der Waals surface area contributed by atoms with Gasteiger partial charge in [0.05, 0.1) is 25.9 Å². The van der Waals surface area contributed by atoms with Gasteiger partial charge in [-0.05, 0) is 35.4 Å². The fourth-order valence-corrected chi connectivity index (χ4v) is 2.56. The van der Waals surface area contributed by atoms with Crippen molar-refractivity contribution in [1.82, 2.24) is 0 Å². The molecule has 2 aromatic rings. The maximum atomic E-state index is 10.3. The molecule has 5 heteroatoms. The summed E-state index contributed by atoms with van der Waals surface area (Å²) in [4.78, 5) is 0. The van der Waals surface area contributed by atoms with Gasteiger partial charge in [-0.25, -0.2) is 0 Å². The third kappa shape index (κ3) is 5.48. The summed E-state index contributed by atoms with van der Waals surface area (Å²) in [5.41, 5.74) is 4.61. The number of hydrogen-bond acceptors (Lipinski definition) is 5. The monoisotopic (exact) mass is 356 g/mol. The third-order valence-corrected chi connectivity index (χ3v) is 4.07. The molecule has 2 atom stereocenters. The van der Waals surface area contributed by atoms with E-state index in [0.29, 0.717) is 22.4 Å². The van der Waals surface area contributed by atoms with Gasteiger partial charge in [0.2, 0.25) is 0 Å². The van der Waals surface area contributed by atoms with E-state index in [9.17, 15) is 20.4 Å². The Hall–Kier alpha value is -2.56. The summed E-state index contributed by atoms with van der Waals surface area (Å²) in [6.07, 6.45) is 0.428. The fraction of sp³-hybridized carbons (Fsp3) is 0.286. The van der Waals surface area contributed by atoms with Crippen LogP contribution >= 0.6 is 0 Å². The molecule has 0 spiro atoms. The molecule has 0 bridgehead atoms. The number of benzene rings is 2. The molecule has 0 fully saturated rings. The molecule has 2 aromatic carbocycles. The molecule has 5 nitrogen and oxygen atoms in total. The Labute approximate surface area is 153 Å². The molecule has 26 heavy (non-hydrogen) atoms. The minimum atomic E-state index is -0.866. The van der Waals surface area contributed by atoms with Gasteiger partial charge in [0.15, 0.2) is 0 Å². The predicted octanol–water partition coefficient (Wildman–Crippen LogP) is 3.02. The molecule has 0 aromatic heterocycles. The van der Waals surface area contributed by atoms with E-state index in [1.54, 1.807) is 55.7 Å². The van der Waals surface area contributed by atoms with E-state index < -0.39 is 12.2 Å². The predicted molar refractivity (Wildman–Crippen MR) is 98.9 cm³/mol. The van der Waals surface area contributed by atoms with Gasteiger partial charge in [-0.3, -0.25) is 0 Å². The lowest BCUT2D eigenvalue weighted by Crippen LogP contribution is -2.01. The van der Waals surface area contributed by atoms with E-state index in [-0.39, 0.29) is 25.2 Å². The number of rotatable bonds is 8. The van der Waals surface area contributed by atoms with E-state index in [1.165, 1.54) is 6.07 Å². The number of phenols is 1. The summed E-state index contributed by atoms with van der Waals surface area (Å²) in [7, 11) is 1.58. The van der Waals surface area contributed by atoms with Crippen molar-refractivity contribution in [2.24, 2.45) is 0 Å². The van der Waals surface area contributed by atoms with Gasteiger partial charge in [0.1, 0.15) is 11.5 Å². The molecule has 4 N–H and O–H groups in total. The van der Waals surface area contributed by atoms with Crippen LogP contribution in [0.15, 0.2) is 65.9 Å². The molecule has 0 heterocycles. The second kappa shape index (κ2) is 9.80. The number of aromatic hydroxyl groups is 1. The number of aliphatic hydroxyl groups excluding tert-OH is 3.